The zero-order valence-corrected chi connectivity index (χ0v) is 20.4. The van der Waals surface area contributed by atoms with E-state index in [0.29, 0.717) is 12.8 Å². The monoisotopic (exact) mass is 451 g/mol. The molecule has 7 atom stereocenters. The van der Waals surface area contributed by atoms with Crippen molar-refractivity contribution in [1.82, 2.24) is 4.90 Å². The predicted molar refractivity (Wildman–Crippen MR) is 125 cm³/mol. The molecule has 4 bridgehead atoms. The Hall–Kier alpha value is -1.56. The minimum absolute atomic E-state index is 0.0287. The van der Waals surface area contributed by atoms with Crippen LogP contribution in [0.2, 0.25) is 0 Å². The Bertz CT molecular complexity index is 1060. The number of phenolic OH excluding ortho intramolecular Hbond substituents is 1. The van der Waals surface area contributed by atoms with E-state index in [1.165, 1.54) is 11.1 Å². The van der Waals surface area contributed by atoms with E-state index in [4.69, 9.17) is 14.2 Å². The van der Waals surface area contributed by atoms with E-state index in [1.54, 1.807) is 0 Å². The van der Waals surface area contributed by atoms with E-state index in [2.05, 4.69) is 51.3 Å². The first-order valence-corrected chi connectivity index (χ1v) is 12.8. The molecule has 178 valence electrons. The standard InChI is InChI=1S/C28H37NO4/c1-6-12-29-13-11-27-21-17-7-8-18(30)22(21)33-23(27)28-10-9-26(27,20(29)14-17)15-19(28)25(5,24(2,3)4)31-16-32-28/h6-8,19-20,23,30H,1,9-16H2,2-5H3/t19-,20-,23-,25+,26?,27+,28-/m1/s1. The Balaban J connectivity index is 1.51. The average Bonchev–Trinajstić information content (AvgIpc) is 3.14. The third kappa shape index (κ3) is 2.02. The van der Waals surface area contributed by atoms with Crippen molar-refractivity contribution in [3.63, 3.8) is 0 Å². The fraction of sp³-hybridized carbons (Fsp3) is 0.714. The minimum atomic E-state index is -0.382. The van der Waals surface area contributed by atoms with Crippen LogP contribution in [0.15, 0.2) is 24.8 Å². The molecule has 3 spiro atoms. The summed E-state index contributed by atoms with van der Waals surface area (Å²) in [6, 6.07) is 4.44. The molecule has 1 N–H and O–H groups in total. The molecule has 3 saturated carbocycles. The van der Waals surface area contributed by atoms with Gasteiger partial charge in [0.25, 0.3) is 0 Å². The fourth-order valence-corrected chi connectivity index (χ4v) is 9.58. The topological polar surface area (TPSA) is 51.2 Å². The highest BCUT2D eigenvalue weighted by molar-refractivity contribution is 5.63. The molecule has 1 aromatic rings. The van der Waals surface area contributed by atoms with E-state index in [0.717, 1.165) is 50.9 Å². The van der Waals surface area contributed by atoms with E-state index in [9.17, 15) is 5.11 Å². The average molecular weight is 452 g/mol. The maximum Gasteiger partial charge on any atom is 0.165 e. The molecule has 2 saturated heterocycles. The second-order valence-corrected chi connectivity index (χ2v) is 12.8. The quantitative estimate of drug-likeness (QED) is 0.669. The number of rotatable bonds is 2. The summed E-state index contributed by atoms with van der Waals surface area (Å²) in [5.41, 5.74) is 1.95. The van der Waals surface area contributed by atoms with Crippen molar-refractivity contribution in [3.8, 4) is 11.5 Å². The zero-order valence-electron chi connectivity index (χ0n) is 20.4. The third-order valence-electron chi connectivity index (χ3n) is 11.3. The highest BCUT2D eigenvalue weighted by Crippen LogP contribution is 2.78. The number of likely N-dealkylation sites (tertiary alicyclic amines) is 1. The Kier molecular flexibility index (Phi) is 3.76. The second kappa shape index (κ2) is 5.98. The Morgan fingerprint density at radius 3 is 2.79 bits per heavy atom. The minimum Gasteiger partial charge on any atom is -0.504 e. The van der Waals surface area contributed by atoms with Gasteiger partial charge >= 0.3 is 0 Å². The number of hydrogen-bond acceptors (Lipinski definition) is 5. The highest BCUT2D eigenvalue weighted by Gasteiger charge is 2.83. The summed E-state index contributed by atoms with van der Waals surface area (Å²) >= 11 is 0. The predicted octanol–water partition coefficient (Wildman–Crippen LogP) is 4.56. The number of hydrogen-bond donors (Lipinski definition) is 1. The molecule has 7 aliphatic rings. The van der Waals surface area contributed by atoms with Crippen molar-refractivity contribution in [2.45, 2.75) is 88.6 Å². The maximum atomic E-state index is 10.9. The van der Waals surface area contributed by atoms with Crippen LogP contribution in [0.25, 0.3) is 0 Å². The van der Waals surface area contributed by atoms with Crippen molar-refractivity contribution >= 4 is 0 Å². The largest absolute Gasteiger partial charge is 0.504 e. The second-order valence-electron chi connectivity index (χ2n) is 12.8. The molecule has 5 heteroatoms. The molecule has 5 nitrogen and oxygen atoms in total. The summed E-state index contributed by atoms with van der Waals surface area (Å²) in [7, 11) is 0. The van der Waals surface area contributed by atoms with Gasteiger partial charge in [0.15, 0.2) is 11.5 Å². The smallest absolute Gasteiger partial charge is 0.165 e. The molecular formula is C28H37NO4. The number of phenols is 1. The number of benzene rings is 1. The SMILES string of the molecule is C=CCN1CC[C@]23c4c5ccc(O)c4O[C@H]2[C@@]24CCC3(C[C@@H]2[C@@](C)(C(C)(C)C)OCO4)[C@H]1C5. The molecule has 3 heterocycles. The number of aromatic hydroxyl groups is 1. The van der Waals surface area contributed by atoms with Gasteiger partial charge in [-0.05, 0) is 62.6 Å². The summed E-state index contributed by atoms with van der Waals surface area (Å²) in [4.78, 5) is 2.68. The number of piperidine rings is 1. The number of fused-ring (bicyclic) bond motifs is 1. The van der Waals surface area contributed by atoms with Gasteiger partial charge in [-0.25, -0.2) is 0 Å². The molecule has 5 fully saturated rings. The first-order chi connectivity index (χ1) is 15.6. The van der Waals surface area contributed by atoms with Crippen LogP contribution in [0.5, 0.6) is 11.5 Å². The maximum absolute atomic E-state index is 10.9. The van der Waals surface area contributed by atoms with Crippen LogP contribution in [0.3, 0.4) is 0 Å². The Labute approximate surface area is 197 Å². The van der Waals surface area contributed by atoms with Gasteiger partial charge in [0.05, 0.1) is 5.60 Å². The lowest BCUT2D eigenvalue weighted by atomic mass is 9.33. The van der Waals surface area contributed by atoms with E-state index >= 15 is 0 Å². The van der Waals surface area contributed by atoms with E-state index in [-0.39, 0.29) is 45.2 Å². The Morgan fingerprint density at radius 1 is 1.21 bits per heavy atom. The van der Waals surface area contributed by atoms with Crippen LogP contribution in [-0.2, 0) is 21.3 Å². The molecule has 0 radical (unpaired) electrons. The van der Waals surface area contributed by atoms with E-state index in [1.807, 2.05) is 6.07 Å². The van der Waals surface area contributed by atoms with Gasteiger partial charge in [-0.15, -0.1) is 6.58 Å². The normalized spacial score (nSPS) is 47.0. The zero-order chi connectivity index (χ0) is 23.0. The van der Waals surface area contributed by atoms with Crippen LogP contribution in [0.1, 0.15) is 64.5 Å². The molecule has 8 rings (SSSR count). The summed E-state index contributed by atoms with van der Waals surface area (Å²) < 4.78 is 20.2. The molecule has 4 aliphatic carbocycles. The molecule has 0 amide bonds. The molecule has 0 aromatic heterocycles. The summed E-state index contributed by atoms with van der Waals surface area (Å²) in [6.07, 6.45) is 7.31. The van der Waals surface area contributed by atoms with Crippen molar-refractivity contribution in [3.05, 3.63) is 35.9 Å². The van der Waals surface area contributed by atoms with Crippen LogP contribution >= 0.6 is 0 Å². The molecule has 1 unspecified atom stereocenters. The molecule has 1 aromatic carbocycles. The molecular weight excluding hydrogens is 414 g/mol. The van der Waals surface area contributed by atoms with Gasteiger partial charge in [0, 0.05) is 34.9 Å². The summed E-state index contributed by atoms with van der Waals surface area (Å²) in [5.74, 6) is 1.28. The van der Waals surface area contributed by atoms with Gasteiger partial charge in [-0.3, -0.25) is 4.90 Å². The van der Waals surface area contributed by atoms with Crippen LogP contribution in [0.4, 0.5) is 0 Å². The Morgan fingerprint density at radius 2 is 2.03 bits per heavy atom. The van der Waals surface area contributed by atoms with E-state index < -0.39 is 0 Å². The number of ether oxygens (including phenoxy) is 3. The van der Waals surface area contributed by atoms with Crippen LogP contribution in [-0.4, -0.2) is 53.2 Å². The van der Waals surface area contributed by atoms with Crippen LogP contribution < -0.4 is 4.74 Å². The van der Waals surface area contributed by atoms with Crippen molar-refractivity contribution < 1.29 is 19.3 Å². The lowest BCUT2D eigenvalue weighted by Crippen LogP contribution is -2.84. The van der Waals surface area contributed by atoms with Gasteiger partial charge < -0.3 is 19.3 Å². The number of nitrogens with zero attached hydrogens (tertiary/aromatic N) is 1. The lowest BCUT2D eigenvalue weighted by molar-refractivity contribution is -0.389. The molecule has 33 heavy (non-hydrogen) atoms. The van der Waals surface area contributed by atoms with Crippen molar-refractivity contribution in [2.24, 2.45) is 16.7 Å². The lowest BCUT2D eigenvalue weighted by Gasteiger charge is -2.76. The van der Waals surface area contributed by atoms with Gasteiger partial charge in [0.2, 0.25) is 0 Å². The van der Waals surface area contributed by atoms with Crippen molar-refractivity contribution in [2.75, 3.05) is 19.9 Å². The van der Waals surface area contributed by atoms with Gasteiger partial charge in [-0.2, -0.15) is 0 Å². The first-order valence-electron chi connectivity index (χ1n) is 12.8. The van der Waals surface area contributed by atoms with Crippen molar-refractivity contribution in [1.29, 1.82) is 0 Å². The summed E-state index contributed by atoms with van der Waals surface area (Å²) in [5, 5.41) is 10.9. The van der Waals surface area contributed by atoms with Gasteiger partial charge in [-0.1, -0.05) is 32.9 Å². The molecule has 3 aliphatic heterocycles. The third-order valence-corrected chi connectivity index (χ3v) is 11.3. The van der Waals surface area contributed by atoms with Crippen LogP contribution in [0, 0.1) is 16.7 Å². The first kappa shape index (κ1) is 20.8. The highest BCUT2D eigenvalue weighted by atomic mass is 16.7. The van der Waals surface area contributed by atoms with Gasteiger partial charge in [0.1, 0.15) is 18.5 Å². The fourth-order valence-electron chi connectivity index (χ4n) is 9.58. The summed E-state index contributed by atoms with van der Waals surface area (Å²) in [6.45, 7) is 15.6.